The van der Waals surface area contributed by atoms with Crippen molar-refractivity contribution in [1.82, 2.24) is 39.5 Å². The van der Waals surface area contributed by atoms with Gasteiger partial charge in [-0.2, -0.15) is 5.10 Å². The van der Waals surface area contributed by atoms with E-state index in [2.05, 4.69) is 39.7 Å². The van der Waals surface area contributed by atoms with Crippen molar-refractivity contribution in [1.29, 1.82) is 0 Å². The highest BCUT2D eigenvalue weighted by Crippen LogP contribution is 2.31. The molecule has 0 bridgehead atoms. The van der Waals surface area contributed by atoms with Crippen LogP contribution in [-0.4, -0.2) is 52.6 Å². The highest BCUT2D eigenvalue weighted by molar-refractivity contribution is 5.87. The summed E-state index contributed by atoms with van der Waals surface area (Å²) in [5, 5.41) is 14.2. The molecule has 4 aromatic rings. The summed E-state index contributed by atoms with van der Waals surface area (Å²) in [6.07, 6.45) is 9.46. The van der Waals surface area contributed by atoms with E-state index in [0.29, 0.717) is 12.5 Å². The van der Waals surface area contributed by atoms with Gasteiger partial charge < -0.3 is 14.5 Å². The first-order chi connectivity index (χ1) is 13.3. The van der Waals surface area contributed by atoms with Crippen molar-refractivity contribution in [2.45, 2.75) is 25.3 Å². The van der Waals surface area contributed by atoms with Crippen molar-refractivity contribution in [3.63, 3.8) is 0 Å². The predicted octanol–water partition coefficient (Wildman–Crippen LogP) is 1.72. The highest BCUT2D eigenvalue weighted by atomic mass is 15.3. The van der Waals surface area contributed by atoms with Crippen molar-refractivity contribution in [2.75, 3.05) is 18.0 Å². The van der Waals surface area contributed by atoms with Gasteiger partial charge in [-0.05, 0) is 25.0 Å². The number of piperidine rings is 1. The standard InChI is InChI=1S/C18H21N9/c1-25-15(11-27-9-3-6-22-27)23-24-17(25)13-4-2-8-26(10-13)18-14-5-7-19-16(14)20-12-21-18/h3,5-7,9,12-13H,2,4,8,10-11H2,1H3,(H,19,20,21). The lowest BCUT2D eigenvalue weighted by atomic mass is 9.97. The second-order valence-electron chi connectivity index (χ2n) is 6.96. The molecule has 9 nitrogen and oxygen atoms in total. The summed E-state index contributed by atoms with van der Waals surface area (Å²) in [5.41, 5.74) is 0.877. The Labute approximate surface area is 156 Å². The van der Waals surface area contributed by atoms with E-state index in [1.807, 2.05) is 36.3 Å². The largest absolute Gasteiger partial charge is 0.355 e. The van der Waals surface area contributed by atoms with E-state index < -0.39 is 0 Å². The van der Waals surface area contributed by atoms with Gasteiger partial charge in [0.05, 0.1) is 5.39 Å². The normalized spacial score (nSPS) is 17.7. The molecule has 0 saturated carbocycles. The molecular formula is C18H21N9. The maximum absolute atomic E-state index is 4.55. The molecule has 4 aromatic heterocycles. The van der Waals surface area contributed by atoms with Crippen LogP contribution in [0.3, 0.4) is 0 Å². The third kappa shape index (κ3) is 2.84. The molecule has 9 heteroatoms. The molecule has 1 saturated heterocycles. The molecule has 0 aliphatic carbocycles. The Hall–Kier alpha value is -3.23. The van der Waals surface area contributed by atoms with Crippen molar-refractivity contribution in [2.24, 2.45) is 7.05 Å². The van der Waals surface area contributed by atoms with Gasteiger partial charge in [-0.3, -0.25) is 4.68 Å². The molecule has 1 N–H and O–H groups in total. The van der Waals surface area contributed by atoms with E-state index in [1.54, 1.807) is 12.5 Å². The minimum atomic E-state index is 0.326. The molecule has 5 heterocycles. The highest BCUT2D eigenvalue weighted by Gasteiger charge is 2.27. The number of rotatable bonds is 4. The first-order valence-corrected chi connectivity index (χ1v) is 9.18. The fourth-order valence-corrected chi connectivity index (χ4v) is 3.90. The molecule has 0 radical (unpaired) electrons. The molecule has 1 aliphatic rings. The Morgan fingerprint density at radius 2 is 2.22 bits per heavy atom. The van der Waals surface area contributed by atoms with Crippen LogP contribution in [0.5, 0.6) is 0 Å². The molecule has 27 heavy (non-hydrogen) atoms. The second-order valence-corrected chi connectivity index (χ2v) is 6.96. The molecule has 5 rings (SSSR count). The summed E-state index contributed by atoms with van der Waals surface area (Å²) in [5.74, 6) is 3.26. The van der Waals surface area contributed by atoms with Crippen molar-refractivity contribution in [3.8, 4) is 0 Å². The van der Waals surface area contributed by atoms with Gasteiger partial charge >= 0.3 is 0 Å². The number of aromatic amines is 1. The van der Waals surface area contributed by atoms with Crippen LogP contribution in [0.4, 0.5) is 5.82 Å². The lowest BCUT2D eigenvalue weighted by molar-refractivity contribution is 0.476. The molecule has 0 aromatic carbocycles. The predicted molar refractivity (Wildman–Crippen MR) is 100 cm³/mol. The number of hydrogen-bond donors (Lipinski definition) is 1. The molecule has 0 amide bonds. The van der Waals surface area contributed by atoms with Gasteiger partial charge in [-0.25, -0.2) is 9.97 Å². The monoisotopic (exact) mass is 363 g/mol. The van der Waals surface area contributed by atoms with Crippen LogP contribution in [-0.2, 0) is 13.6 Å². The van der Waals surface area contributed by atoms with Gasteiger partial charge in [-0.1, -0.05) is 0 Å². The van der Waals surface area contributed by atoms with Gasteiger partial charge in [0.2, 0.25) is 0 Å². The lowest BCUT2D eigenvalue weighted by Crippen LogP contribution is -2.36. The average molecular weight is 363 g/mol. The Kier molecular flexibility index (Phi) is 3.84. The lowest BCUT2D eigenvalue weighted by Gasteiger charge is -2.33. The second kappa shape index (κ2) is 6.49. The van der Waals surface area contributed by atoms with Crippen LogP contribution in [0.1, 0.15) is 30.4 Å². The van der Waals surface area contributed by atoms with Crippen LogP contribution in [0.2, 0.25) is 0 Å². The zero-order valence-electron chi connectivity index (χ0n) is 15.2. The summed E-state index contributed by atoms with van der Waals surface area (Å²) in [4.78, 5) is 14.4. The van der Waals surface area contributed by atoms with Crippen LogP contribution >= 0.6 is 0 Å². The van der Waals surface area contributed by atoms with Crippen molar-refractivity contribution >= 4 is 16.9 Å². The molecule has 1 atom stereocenters. The maximum Gasteiger partial charge on any atom is 0.154 e. The summed E-state index contributed by atoms with van der Waals surface area (Å²) >= 11 is 0. The number of hydrogen-bond acceptors (Lipinski definition) is 6. The van der Waals surface area contributed by atoms with Gasteiger partial charge in [0.15, 0.2) is 5.82 Å². The molecule has 1 aliphatic heterocycles. The minimum absolute atomic E-state index is 0.326. The third-order valence-electron chi connectivity index (χ3n) is 5.28. The van der Waals surface area contributed by atoms with Crippen LogP contribution < -0.4 is 4.90 Å². The number of nitrogens with one attached hydrogen (secondary N) is 1. The molecular weight excluding hydrogens is 342 g/mol. The molecule has 138 valence electrons. The van der Waals surface area contributed by atoms with E-state index in [4.69, 9.17) is 0 Å². The first-order valence-electron chi connectivity index (χ1n) is 9.18. The van der Waals surface area contributed by atoms with Crippen LogP contribution in [0, 0.1) is 0 Å². The van der Waals surface area contributed by atoms with E-state index in [1.165, 1.54) is 0 Å². The van der Waals surface area contributed by atoms with Gasteiger partial charge in [0.25, 0.3) is 0 Å². The minimum Gasteiger partial charge on any atom is -0.355 e. The molecule has 0 spiro atoms. The summed E-state index contributed by atoms with van der Waals surface area (Å²) in [7, 11) is 2.04. The van der Waals surface area contributed by atoms with E-state index in [9.17, 15) is 0 Å². The van der Waals surface area contributed by atoms with E-state index >= 15 is 0 Å². The zero-order chi connectivity index (χ0) is 18.2. The van der Waals surface area contributed by atoms with Gasteiger partial charge in [0.1, 0.15) is 30.2 Å². The number of anilines is 1. The first kappa shape index (κ1) is 16.0. The SMILES string of the molecule is Cn1c(Cn2cccn2)nnc1C1CCCN(c2ncnc3[nH]ccc23)C1. The topological polar surface area (TPSA) is 93.3 Å². The Bertz CT molecular complexity index is 1050. The molecule has 1 unspecified atom stereocenters. The van der Waals surface area contributed by atoms with Crippen molar-refractivity contribution in [3.05, 3.63) is 48.7 Å². The Morgan fingerprint density at radius 1 is 1.26 bits per heavy atom. The molecule has 1 fully saturated rings. The summed E-state index contributed by atoms with van der Waals surface area (Å²) in [6.45, 7) is 2.50. The van der Waals surface area contributed by atoms with Crippen molar-refractivity contribution < 1.29 is 0 Å². The van der Waals surface area contributed by atoms with E-state index in [-0.39, 0.29) is 0 Å². The van der Waals surface area contributed by atoms with Gasteiger partial charge in [-0.15, -0.1) is 10.2 Å². The van der Waals surface area contributed by atoms with E-state index in [0.717, 1.165) is 54.4 Å². The van der Waals surface area contributed by atoms with Crippen LogP contribution in [0.25, 0.3) is 11.0 Å². The smallest absolute Gasteiger partial charge is 0.154 e. The summed E-state index contributed by atoms with van der Waals surface area (Å²) in [6, 6.07) is 3.96. The quantitative estimate of drug-likeness (QED) is 0.593. The Balaban J connectivity index is 1.40. The fraction of sp³-hybridized carbons (Fsp3) is 0.389. The Morgan fingerprint density at radius 3 is 3.11 bits per heavy atom. The third-order valence-corrected chi connectivity index (χ3v) is 5.28. The average Bonchev–Trinajstić information content (AvgIpc) is 3.44. The fourth-order valence-electron chi connectivity index (χ4n) is 3.90. The van der Waals surface area contributed by atoms with Gasteiger partial charge in [0, 0.05) is 44.6 Å². The maximum atomic E-state index is 4.55. The number of H-pyrrole nitrogens is 1. The summed E-state index contributed by atoms with van der Waals surface area (Å²) < 4.78 is 3.98. The number of fused-ring (bicyclic) bond motifs is 1. The zero-order valence-corrected chi connectivity index (χ0v) is 15.2. The number of nitrogens with zero attached hydrogens (tertiary/aromatic N) is 8. The number of aromatic nitrogens is 8. The van der Waals surface area contributed by atoms with Crippen LogP contribution in [0.15, 0.2) is 37.1 Å².